The molecule has 0 unspecified atom stereocenters. The van der Waals surface area contributed by atoms with Crippen LogP contribution in [0.25, 0.3) is 10.9 Å². The van der Waals surface area contributed by atoms with Crippen LogP contribution in [0.2, 0.25) is 10.0 Å². The van der Waals surface area contributed by atoms with Crippen LogP contribution in [0.5, 0.6) is 0 Å². The maximum Gasteiger partial charge on any atom is 0.229 e. The van der Waals surface area contributed by atoms with Crippen LogP contribution >= 0.6 is 23.2 Å². The van der Waals surface area contributed by atoms with Crippen molar-refractivity contribution in [3.8, 4) is 0 Å². The van der Waals surface area contributed by atoms with Crippen molar-refractivity contribution in [3.05, 3.63) is 52.5 Å². The number of nitrogens with zero attached hydrogens (tertiary/aromatic N) is 2. The SMILES string of the molecule is OCCCNc1nc(Nc2ccc(Cl)cc2Cl)nc2ccccc12. The zero-order valence-corrected chi connectivity index (χ0v) is 14.3. The van der Waals surface area contributed by atoms with Crippen LogP contribution < -0.4 is 10.6 Å². The predicted molar refractivity (Wildman–Crippen MR) is 99.5 cm³/mol. The van der Waals surface area contributed by atoms with E-state index in [1.807, 2.05) is 24.3 Å². The quantitative estimate of drug-likeness (QED) is 0.564. The molecule has 0 aliphatic rings. The van der Waals surface area contributed by atoms with Gasteiger partial charge in [0.05, 0.1) is 16.2 Å². The molecule has 0 saturated carbocycles. The summed E-state index contributed by atoms with van der Waals surface area (Å²) in [7, 11) is 0. The van der Waals surface area contributed by atoms with E-state index in [1.54, 1.807) is 18.2 Å². The summed E-state index contributed by atoms with van der Waals surface area (Å²) in [6, 6.07) is 12.9. The van der Waals surface area contributed by atoms with Crippen molar-refractivity contribution < 1.29 is 5.11 Å². The highest BCUT2D eigenvalue weighted by Crippen LogP contribution is 2.29. The van der Waals surface area contributed by atoms with Gasteiger partial charge in [0, 0.05) is 23.6 Å². The minimum atomic E-state index is 0.126. The fourth-order valence-corrected chi connectivity index (χ4v) is 2.72. The van der Waals surface area contributed by atoms with Gasteiger partial charge in [0.25, 0.3) is 0 Å². The summed E-state index contributed by atoms with van der Waals surface area (Å²) in [6.45, 7) is 0.750. The van der Waals surface area contributed by atoms with E-state index in [4.69, 9.17) is 28.3 Å². The number of hydrogen-bond acceptors (Lipinski definition) is 5. The zero-order chi connectivity index (χ0) is 16.9. The van der Waals surface area contributed by atoms with E-state index in [2.05, 4.69) is 20.6 Å². The van der Waals surface area contributed by atoms with Gasteiger partial charge in [-0.15, -0.1) is 0 Å². The van der Waals surface area contributed by atoms with Crippen LogP contribution in [0.3, 0.4) is 0 Å². The number of benzene rings is 2. The molecule has 1 aromatic heterocycles. The molecule has 7 heteroatoms. The largest absolute Gasteiger partial charge is 0.396 e. The maximum atomic E-state index is 8.95. The molecule has 0 saturated heterocycles. The lowest BCUT2D eigenvalue weighted by Crippen LogP contribution is -2.08. The molecule has 0 bridgehead atoms. The molecule has 3 aromatic rings. The Balaban J connectivity index is 1.95. The first kappa shape index (κ1) is 16.8. The van der Waals surface area contributed by atoms with Gasteiger partial charge in [0.2, 0.25) is 5.95 Å². The van der Waals surface area contributed by atoms with Gasteiger partial charge < -0.3 is 15.7 Å². The van der Waals surface area contributed by atoms with Gasteiger partial charge in [-0.05, 0) is 36.8 Å². The molecule has 2 aromatic carbocycles. The molecular formula is C17H16Cl2N4O. The Labute approximate surface area is 149 Å². The molecule has 1 heterocycles. The van der Waals surface area contributed by atoms with Crippen LogP contribution in [0, 0.1) is 0 Å². The minimum absolute atomic E-state index is 0.126. The van der Waals surface area contributed by atoms with Crippen LogP contribution in [-0.4, -0.2) is 28.2 Å². The number of fused-ring (bicyclic) bond motifs is 1. The number of halogens is 2. The fourth-order valence-electron chi connectivity index (χ4n) is 2.26. The lowest BCUT2D eigenvalue weighted by atomic mass is 10.2. The van der Waals surface area contributed by atoms with Crippen molar-refractivity contribution in [2.75, 3.05) is 23.8 Å². The van der Waals surface area contributed by atoms with Crippen LogP contribution in [0.15, 0.2) is 42.5 Å². The van der Waals surface area contributed by atoms with E-state index >= 15 is 0 Å². The second-order valence-corrected chi connectivity index (χ2v) is 6.01. The van der Waals surface area contributed by atoms with Crippen molar-refractivity contribution in [3.63, 3.8) is 0 Å². The summed E-state index contributed by atoms with van der Waals surface area (Å²) >= 11 is 12.1. The standard InChI is InChI=1S/C17H16Cl2N4O/c18-11-6-7-15(13(19)10-11)22-17-21-14-5-2-1-4-12(14)16(23-17)20-8-3-9-24/h1-2,4-7,10,24H,3,8-9H2,(H2,20,21,22,23). The molecule has 0 aliphatic heterocycles. The van der Waals surface area contributed by atoms with Gasteiger partial charge in [0.15, 0.2) is 0 Å². The van der Waals surface area contributed by atoms with Crippen LogP contribution in [0.4, 0.5) is 17.5 Å². The molecule has 0 spiro atoms. The summed E-state index contributed by atoms with van der Waals surface area (Å²) in [5.74, 6) is 1.14. The highest BCUT2D eigenvalue weighted by atomic mass is 35.5. The normalized spacial score (nSPS) is 10.8. The first-order valence-electron chi connectivity index (χ1n) is 7.51. The molecule has 0 amide bonds. The summed E-state index contributed by atoms with van der Waals surface area (Å²) in [5.41, 5.74) is 1.49. The molecule has 3 N–H and O–H groups in total. The van der Waals surface area contributed by atoms with Crippen molar-refractivity contribution in [2.24, 2.45) is 0 Å². The maximum absolute atomic E-state index is 8.95. The molecule has 0 aliphatic carbocycles. The van der Waals surface area contributed by atoms with Gasteiger partial charge in [-0.1, -0.05) is 35.3 Å². The number of aliphatic hydroxyl groups excluding tert-OH is 1. The summed E-state index contributed by atoms with van der Waals surface area (Å²) in [5, 5.41) is 17.3. The Bertz CT molecular complexity index is 857. The molecular weight excluding hydrogens is 347 g/mol. The highest BCUT2D eigenvalue weighted by Gasteiger charge is 2.09. The monoisotopic (exact) mass is 362 g/mol. The Morgan fingerprint density at radius 1 is 1.04 bits per heavy atom. The smallest absolute Gasteiger partial charge is 0.229 e. The highest BCUT2D eigenvalue weighted by molar-refractivity contribution is 6.36. The van der Waals surface area contributed by atoms with Crippen LogP contribution in [-0.2, 0) is 0 Å². The van der Waals surface area contributed by atoms with Crippen molar-refractivity contribution in [2.45, 2.75) is 6.42 Å². The number of nitrogens with one attached hydrogen (secondary N) is 2. The van der Waals surface area contributed by atoms with Gasteiger partial charge in [-0.25, -0.2) is 4.98 Å². The molecule has 5 nitrogen and oxygen atoms in total. The second kappa shape index (κ2) is 7.66. The Morgan fingerprint density at radius 2 is 1.88 bits per heavy atom. The first-order chi connectivity index (χ1) is 11.7. The van der Waals surface area contributed by atoms with E-state index in [-0.39, 0.29) is 6.61 Å². The summed E-state index contributed by atoms with van der Waals surface area (Å²) in [4.78, 5) is 9.04. The third-order valence-electron chi connectivity index (χ3n) is 3.41. The lowest BCUT2D eigenvalue weighted by Gasteiger charge is -2.12. The number of aromatic nitrogens is 2. The molecule has 0 atom stereocenters. The van der Waals surface area contributed by atoms with Gasteiger partial charge >= 0.3 is 0 Å². The number of para-hydroxylation sites is 1. The molecule has 3 rings (SSSR count). The topological polar surface area (TPSA) is 70.1 Å². The number of aliphatic hydroxyl groups is 1. The van der Waals surface area contributed by atoms with E-state index in [0.717, 1.165) is 10.9 Å². The van der Waals surface area contributed by atoms with E-state index < -0.39 is 0 Å². The lowest BCUT2D eigenvalue weighted by molar-refractivity contribution is 0.292. The van der Waals surface area contributed by atoms with Crippen LogP contribution in [0.1, 0.15) is 6.42 Å². The predicted octanol–water partition coefficient (Wildman–Crippen LogP) is 4.47. The Hall–Kier alpha value is -2.08. The third kappa shape index (κ3) is 3.87. The molecule has 0 fully saturated rings. The Kier molecular flexibility index (Phi) is 5.35. The number of rotatable bonds is 6. The average molecular weight is 363 g/mol. The van der Waals surface area contributed by atoms with Gasteiger partial charge in [-0.3, -0.25) is 0 Å². The Morgan fingerprint density at radius 3 is 2.67 bits per heavy atom. The van der Waals surface area contributed by atoms with E-state index in [0.29, 0.717) is 40.5 Å². The summed E-state index contributed by atoms with van der Waals surface area (Å²) in [6.07, 6.45) is 0.643. The minimum Gasteiger partial charge on any atom is -0.396 e. The van der Waals surface area contributed by atoms with Gasteiger partial charge in [-0.2, -0.15) is 4.98 Å². The first-order valence-corrected chi connectivity index (χ1v) is 8.26. The molecule has 124 valence electrons. The average Bonchev–Trinajstić information content (AvgIpc) is 2.57. The van der Waals surface area contributed by atoms with Gasteiger partial charge in [0.1, 0.15) is 5.82 Å². The zero-order valence-electron chi connectivity index (χ0n) is 12.8. The van der Waals surface area contributed by atoms with Crippen molar-refractivity contribution in [1.82, 2.24) is 9.97 Å². The fraction of sp³-hybridized carbons (Fsp3) is 0.176. The van der Waals surface area contributed by atoms with Crippen molar-refractivity contribution in [1.29, 1.82) is 0 Å². The number of anilines is 3. The third-order valence-corrected chi connectivity index (χ3v) is 3.96. The van der Waals surface area contributed by atoms with E-state index in [1.165, 1.54) is 0 Å². The van der Waals surface area contributed by atoms with E-state index in [9.17, 15) is 0 Å². The second-order valence-electron chi connectivity index (χ2n) is 5.17. The summed E-state index contributed by atoms with van der Waals surface area (Å²) < 4.78 is 0. The molecule has 24 heavy (non-hydrogen) atoms. The van der Waals surface area contributed by atoms with Crippen molar-refractivity contribution >= 4 is 51.6 Å². The molecule has 0 radical (unpaired) electrons. The number of hydrogen-bond donors (Lipinski definition) is 3.